The fraction of sp³-hybridized carbons (Fsp3) is 0.182. The molecule has 0 unspecified atom stereocenters. The number of nitrogens with one attached hydrogen (secondary N) is 3. The highest BCUT2D eigenvalue weighted by molar-refractivity contribution is 7.98. The maximum absolute atomic E-state index is 12.0. The first-order valence-electron chi connectivity index (χ1n) is 9.61. The van der Waals surface area contributed by atoms with E-state index in [1.54, 1.807) is 24.2 Å². The summed E-state index contributed by atoms with van der Waals surface area (Å²) in [5.41, 5.74) is 6.75. The van der Waals surface area contributed by atoms with Crippen LogP contribution in [0.2, 0.25) is 0 Å². The topological polar surface area (TPSA) is 78.5 Å². The molecule has 0 aliphatic heterocycles. The van der Waals surface area contributed by atoms with Gasteiger partial charge in [0.05, 0.1) is 0 Å². The van der Waals surface area contributed by atoms with Crippen molar-refractivity contribution in [2.24, 2.45) is 0 Å². The second-order valence-electron chi connectivity index (χ2n) is 6.53. The fourth-order valence-corrected chi connectivity index (χ4v) is 3.43. The van der Waals surface area contributed by atoms with E-state index in [0.717, 1.165) is 16.8 Å². The molecule has 0 saturated carbocycles. The average Bonchev–Trinajstić information content (AvgIpc) is 2.82. The molecular formula is C22H27N5O2S3. The molecule has 0 fully saturated rings. The van der Waals surface area contributed by atoms with E-state index >= 15 is 0 Å². The standard InChI is InChI=1S/C22H25N5O2S2.H2S/c1-27(31-29-25-16-17-3-9-21(30-2)10-4-17)20-7-5-19(6-8-20)26-22(28)24-15-18-11-13-23-14-12-18;/h3-14,25H,15-16H2,1-2H3,(H2,24,26,28);1H2. The van der Waals surface area contributed by atoms with Gasteiger partial charge in [-0.05, 0) is 65.9 Å². The van der Waals surface area contributed by atoms with Crippen LogP contribution in [0.5, 0.6) is 0 Å². The van der Waals surface area contributed by atoms with Gasteiger partial charge in [0, 0.05) is 48.8 Å². The van der Waals surface area contributed by atoms with Gasteiger partial charge >= 0.3 is 6.03 Å². The third-order valence-electron chi connectivity index (χ3n) is 4.33. The molecule has 3 N–H and O–H groups in total. The van der Waals surface area contributed by atoms with E-state index in [-0.39, 0.29) is 19.5 Å². The molecule has 32 heavy (non-hydrogen) atoms. The second-order valence-corrected chi connectivity index (χ2v) is 8.28. The predicted molar refractivity (Wildman–Crippen MR) is 139 cm³/mol. The Balaban J connectivity index is 0.00000363. The summed E-state index contributed by atoms with van der Waals surface area (Å²) in [6, 6.07) is 19.3. The van der Waals surface area contributed by atoms with E-state index < -0.39 is 0 Å². The van der Waals surface area contributed by atoms with Crippen LogP contribution in [0.4, 0.5) is 16.2 Å². The van der Waals surface area contributed by atoms with Crippen LogP contribution in [0.1, 0.15) is 11.1 Å². The molecule has 3 aromatic rings. The number of anilines is 2. The maximum atomic E-state index is 12.0. The van der Waals surface area contributed by atoms with Crippen LogP contribution < -0.4 is 20.4 Å². The minimum atomic E-state index is -0.259. The van der Waals surface area contributed by atoms with Gasteiger partial charge in [-0.25, -0.2) is 9.08 Å². The first-order valence-corrected chi connectivity index (χ1v) is 11.5. The number of hydroxylamine groups is 1. The quantitative estimate of drug-likeness (QED) is 0.122. The van der Waals surface area contributed by atoms with Crippen LogP contribution in [0.25, 0.3) is 0 Å². The number of aromatic nitrogens is 1. The number of pyridine rings is 1. The van der Waals surface area contributed by atoms with Crippen molar-refractivity contribution in [3.05, 3.63) is 84.2 Å². The molecule has 0 radical (unpaired) electrons. The third kappa shape index (κ3) is 8.64. The summed E-state index contributed by atoms with van der Waals surface area (Å²) >= 11 is 2.92. The van der Waals surface area contributed by atoms with Crippen molar-refractivity contribution in [3.63, 3.8) is 0 Å². The molecule has 0 atom stereocenters. The monoisotopic (exact) mass is 489 g/mol. The predicted octanol–water partition coefficient (Wildman–Crippen LogP) is 4.96. The lowest BCUT2D eigenvalue weighted by Crippen LogP contribution is -2.28. The van der Waals surface area contributed by atoms with Gasteiger partial charge < -0.3 is 10.6 Å². The van der Waals surface area contributed by atoms with Crippen LogP contribution in [-0.4, -0.2) is 24.3 Å². The zero-order valence-electron chi connectivity index (χ0n) is 17.9. The van der Waals surface area contributed by atoms with Crippen molar-refractivity contribution in [2.75, 3.05) is 22.9 Å². The molecule has 10 heteroatoms. The number of benzene rings is 2. The summed E-state index contributed by atoms with van der Waals surface area (Å²) in [7, 11) is 1.91. The lowest BCUT2D eigenvalue weighted by molar-refractivity contribution is 0.232. The van der Waals surface area contributed by atoms with Crippen LogP contribution in [0, 0.1) is 0 Å². The maximum Gasteiger partial charge on any atom is 0.319 e. The summed E-state index contributed by atoms with van der Waals surface area (Å²) in [5, 5.41) is 5.64. The number of thioether (sulfide) groups is 1. The normalized spacial score (nSPS) is 10.2. The van der Waals surface area contributed by atoms with Gasteiger partial charge in [0.15, 0.2) is 0 Å². The van der Waals surface area contributed by atoms with Gasteiger partial charge in [-0.15, -0.1) is 11.8 Å². The van der Waals surface area contributed by atoms with Gasteiger partial charge in [-0.2, -0.15) is 19.0 Å². The molecule has 0 spiro atoms. The summed E-state index contributed by atoms with van der Waals surface area (Å²) in [5.74, 6) is 0. The highest BCUT2D eigenvalue weighted by atomic mass is 32.2. The molecular weight excluding hydrogens is 462 g/mol. The van der Waals surface area contributed by atoms with Gasteiger partial charge in [0.1, 0.15) is 12.2 Å². The zero-order valence-corrected chi connectivity index (χ0v) is 20.5. The van der Waals surface area contributed by atoms with Crippen molar-refractivity contribution < 1.29 is 9.08 Å². The molecule has 0 aliphatic carbocycles. The molecule has 1 aromatic heterocycles. The Labute approximate surface area is 204 Å². The number of nitrogens with zero attached hydrogens (tertiary/aromatic N) is 2. The molecule has 0 aliphatic rings. The van der Waals surface area contributed by atoms with E-state index in [1.807, 2.05) is 47.8 Å². The summed E-state index contributed by atoms with van der Waals surface area (Å²) < 4.78 is 7.37. The molecule has 1 heterocycles. The summed E-state index contributed by atoms with van der Waals surface area (Å²) in [6.07, 6.45) is 5.46. The first kappa shape index (κ1) is 25.9. The number of carbonyl (C=O) groups excluding carboxylic acids is 1. The highest BCUT2D eigenvalue weighted by Crippen LogP contribution is 2.22. The molecule has 0 bridgehead atoms. The van der Waals surface area contributed by atoms with Crippen LogP contribution in [-0.2, 0) is 17.4 Å². The molecule has 7 nitrogen and oxygen atoms in total. The van der Waals surface area contributed by atoms with Crippen molar-refractivity contribution in [2.45, 2.75) is 18.0 Å². The van der Waals surface area contributed by atoms with Crippen molar-refractivity contribution >= 4 is 54.9 Å². The molecule has 3 rings (SSSR count). The minimum absolute atomic E-state index is 0. The Kier molecular flexibility index (Phi) is 11.3. The summed E-state index contributed by atoms with van der Waals surface area (Å²) in [6.45, 7) is 1.06. The third-order valence-corrected chi connectivity index (χ3v) is 5.70. The van der Waals surface area contributed by atoms with Crippen LogP contribution in [0.3, 0.4) is 0 Å². The minimum Gasteiger partial charge on any atom is -0.334 e. The van der Waals surface area contributed by atoms with Crippen LogP contribution >= 0.6 is 37.5 Å². The number of amides is 2. The van der Waals surface area contributed by atoms with Gasteiger partial charge in [-0.3, -0.25) is 9.29 Å². The Hall–Kier alpha value is -2.37. The van der Waals surface area contributed by atoms with E-state index in [9.17, 15) is 4.79 Å². The van der Waals surface area contributed by atoms with E-state index in [4.69, 9.17) is 4.28 Å². The Morgan fingerprint density at radius 2 is 1.62 bits per heavy atom. The number of rotatable bonds is 10. The molecule has 2 amide bonds. The number of hydrogen-bond acceptors (Lipinski definition) is 7. The Morgan fingerprint density at radius 1 is 0.969 bits per heavy atom. The van der Waals surface area contributed by atoms with Crippen LogP contribution in [0.15, 0.2) is 78.0 Å². The zero-order chi connectivity index (χ0) is 21.9. The van der Waals surface area contributed by atoms with Gasteiger partial charge in [0.25, 0.3) is 0 Å². The largest absolute Gasteiger partial charge is 0.334 e. The SMILES string of the molecule is CSc1ccc(CNOSN(C)c2ccc(NC(=O)NCc3ccncc3)cc2)cc1.S. The van der Waals surface area contributed by atoms with Crippen molar-refractivity contribution in [1.29, 1.82) is 0 Å². The van der Waals surface area contributed by atoms with Gasteiger partial charge in [-0.1, -0.05) is 12.1 Å². The lowest BCUT2D eigenvalue weighted by Gasteiger charge is -2.17. The lowest BCUT2D eigenvalue weighted by atomic mass is 10.2. The highest BCUT2D eigenvalue weighted by Gasteiger charge is 2.05. The van der Waals surface area contributed by atoms with E-state index in [2.05, 4.69) is 51.6 Å². The first-order chi connectivity index (χ1) is 15.1. The summed E-state index contributed by atoms with van der Waals surface area (Å²) in [4.78, 5) is 17.2. The number of urea groups is 1. The molecule has 2 aromatic carbocycles. The fourth-order valence-electron chi connectivity index (χ4n) is 2.59. The molecule has 170 valence electrons. The number of carbonyl (C=O) groups is 1. The van der Waals surface area contributed by atoms with Gasteiger partial charge in [0.2, 0.25) is 0 Å². The molecule has 0 saturated heterocycles. The second kappa shape index (κ2) is 13.9. The average molecular weight is 490 g/mol. The smallest absolute Gasteiger partial charge is 0.319 e. The van der Waals surface area contributed by atoms with Crippen molar-refractivity contribution in [1.82, 2.24) is 15.8 Å². The van der Waals surface area contributed by atoms with E-state index in [1.165, 1.54) is 17.1 Å². The number of hydrogen-bond donors (Lipinski definition) is 3. The van der Waals surface area contributed by atoms with Crippen molar-refractivity contribution in [3.8, 4) is 0 Å². The Bertz CT molecular complexity index is 944. The Morgan fingerprint density at radius 3 is 2.28 bits per heavy atom. The van der Waals surface area contributed by atoms with E-state index in [0.29, 0.717) is 18.8 Å².